The van der Waals surface area contributed by atoms with E-state index in [-0.39, 0.29) is 0 Å². The number of hydrogen-bond donors (Lipinski definition) is 2. The number of fused-ring (bicyclic) bond motifs is 1. The quantitative estimate of drug-likeness (QED) is 0.808. The van der Waals surface area contributed by atoms with Crippen LogP contribution in [0.4, 0.5) is 0 Å². The molecule has 1 aliphatic heterocycles. The summed E-state index contributed by atoms with van der Waals surface area (Å²) in [6.07, 6.45) is 2.69. The van der Waals surface area contributed by atoms with Crippen LogP contribution in [-0.4, -0.2) is 42.9 Å². The van der Waals surface area contributed by atoms with Gasteiger partial charge in [0.2, 0.25) is 0 Å². The highest BCUT2D eigenvalue weighted by molar-refractivity contribution is 7.98. The van der Waals surface area contributed by atoms with Crippen molar-refractivity contribution in [3.05, 3.63) is 23.8 Å². The van der Waals surface area contributed by atoms with Crippen molar-refractivity contribution in [3.63, 3.8) is 0 Å². The Bertz CT molecular complexity index is 428. The topological polar surface area (TPSA) is 50.7 Å². The minimum atomic E-state index is -0.525. The molecule has 0 saturated carbocycles. The van der Waals surface area contributed by atoms with Crippen molar-refractivity contribution < 1.29 is 14.6 Å². The van der Waals surface area contributed by atoms with E-state index < -0.39 is 6.10 Å². The van der Waals surface area contributed by atoms with Crippen LogP contribution in [0.25, 0.3) is 0 Å². The van der Waals surface area contributed by atoms with Gasteiger partial charge in [0.25, 0.3) is 0 Å². The molecule has 1 heterocycles. The van der Waals surface area contributed by atoms with E-state index in [0.717, 1.165) is 29.2 Å². The van der Waals surface area contributed by atoms with Gasteiger partial charge in [-0.05, 0) is 43.0 Å². The molecule has 0 radical (unpaired) electrons. The molecule has 0 fully saturated rings. The van der Waals surface area contributed by atoms with E-state index in [4.69, 9.17) is 9.47 Å². The minimum absolute atomic E-state index is 0.411. The number of thioether (sulfide) groups is 1. The van der Waals surface area contributed by atoms with E-state index in [1.54, 1.807) is 0 Å². The zero-order chi connectivity index (χ0) is 14.4. The average Bonchev–Trinajstić information content (AvgIpc) is 2.50. The third-order valence-electron chi connectivity index (χ3n) is 3.37. The maximum atomic E-state index is 10.2. The van der Waals surface area contributed by atoms with Crippen LogP contribution in [0.1, 0.15) is 25.0 Å². The SMILES string of the molecule is CSCCC(C)NCC(O)c1ccc2c(c1)OCCO2. The summed E-state index contributed by atoms with van der Waals surface area (Å²) in [7, 11) is 0. The second-order valence-corrected chi connectivity index (χ2v) is 6.00. The van der Waals surface area contributed by atoms with Crippen LogP contribution in [0, 0.1) is 0 Å². The summed E-state index contributed by atoms with van der Waals surface area (Å²) in [5.41, 5.74) is 0.860. The highest BCUT2D eigenvalue weighted by Crippen LogP contribution is 2.32. The Morgan fingerprint density at radius 3 is 2.80 bits per heavy atom. The van der Waals surface area contributed by atoms with Gasteiger partial charge in [-0.25, -0.2) is 0 Å². The highest BCUT2D eigenvalue weighted by Gasteiger charge is 2.15. The molecule has 0 saturated heterocycles. The van der Waals surface area contributed by atoms with E-state index in [2.05, 4.69) is 18.5 Å². The number of ether oxygens (including phenoxy) is 2. The third kappa shape index (κ3) is 4.30. The number of benzene rings is 1. The first-order chi connectivity index (χ1) is 9.70. The zero-order valence-corrected chi connectivity index (χ0v) is 12.9. The molecule has 0 aliphatic carbocycles. The van der Waals surface area contributed by atoms with Crippen molar-refractivity contribution in [2.45, 2.75) is 25.5 Å². The molecule has 1 aliphatic rings. The van der Waals surface area contributed by atoms with Crippen molar-refractivity contribution in [3.8, 4) is 11.5 Å². The monoisotopic (exact) mass is 297 g/mol. The molecule has 2 N–H and O–H groups in total. The highest BCUT2D eigenvalue weighted by atomic mass is 32.2. The fraction of sp³-hybridized carbons (Fsp3) is 0.600. The molecule has 0 aromatic heterocycles. The van der Waals surface area contributed by atoms with Crippen LogP contribution in [0.2, 0.25) is 0 Å². The molecule has 1 aromatic rings. The lowest BCUT2D eigenvalue weighted by Gasteiger charge is -2.21. The van der Waals surface area contributed by atoms with E-state index in [0.29, 0.717) is 25.8 Å². The molecule has 4 nitrogen and oxygen atoms in total. The fourth-order valence-electron chi connectivity index (χ4n) is 2.09. The molecule has 0 amide bonds. The smallest absolute Gasteiger partial charge is 0.161 e. The molecular weight excluding hydrogens is 274 g/mol. The fourth-order valence-corrected chi connectivity index (χ4v) is 2.68. The third-order valence-corrected chi connectivity index (χ3v) is 4.01. The van der Waals surface area contributed by atoms with Crippen LogP contribution in [0.3, 0.4) is 0 Å². The summed E-state index contributed by atoms with van der Waals surface area (Å²) < 4.78 is 11.0. The Morgan fingerprint density at radius 2 is 2.05 bits per heavy atom. The van der Waals surface area contributed by atoms with Crippen LogP contribution in [0.15, 0.2) is 18.2 Å². The summed E-state index contributed by atoms with van der Waals surface area (Å²) in [5, 5.41) is 13.6. The van der Waals surface area contributed by atoms with Gasteiger partial charge in [0.15, 0.2) is 11.5 Å². The Balaban J connectivity index is 1.87. The molecule has 112 valence electrons. The lowest BCUT2D eigenvalue weighted by Crippen LogP contribution is -2.30. The van der Waals surface area contributed by atoms with Crippen LogP contribution < -0.4 is 14.8 Å². The molecule has 5 heteroatoms. The number of aliphatic hydroxyl groups excluding tert-OH is 1. The van der Waals surface area contributed by atoms with Gasteiger partial charge in [-0.15, -0.1) is 0 Å². The molecule has 2 rings (SSSR count). The minimum Gasteiger partial charge on any atom is -0.486 e. The normalized spacial score (nSPS) is 16.8. The first-order valence-corrected chi connectivity index (χ1v) is 8.40. The Hall–Kier alpha value is -0.910. The van der Waals surface area contributed by atoms with Gasteiger partial charge in [0.05, 0.1) is 6.10 Å². The second kappa shape index (κ2) is 7.76. The molecule has 20 heavy (non-hydrogen) atoms. The van der Waals surface area contributed by atoms with Gasteiger partial charge >= 0.3 is 0 Å². The van der Waals surface area contributed by atoms with Gasteiger partial charge in [0.1, 0.15) is 13.2 Å². The number of aliphatic hydroxyl groups is 1. The molecule has 2 unspecified atom stereocenters. The Labute approximate surface area is 124 Å². The predicted molar refractivity (Wildman–Crippen MR) is 82.9 cm³/mol. The maximum absolute atomic E-state index is 10.2. The Kier molecular flexibility index (Phi) is 6.01. The molecule has 0 spiro atoms. The van der Waals surface area contributed by atoms with Crippen LogP contribution in [0.5, 0.6) is 11.5 Å². The maximum Gasteiger partial charge on any atom is 0.161 e. The largest absolute Gasteiger partial charge is 0.486 e. The van der Waals surface area contributed by atoms with Crippen LogP contribution in [-0.2, 0) is 0 Å². The summed E-state index contributed by atoms with van der Waals surface area (Å²) in [6, 6.07) is 6.04. The van der Waals surface area contributed by atoms with Gasteiger partial charge in [-0.1, -0.05) is 6.07 Å². The standard InChI is InChI=1S/C15H23NO3S/c1-11(5-8-20-2)16-10-13(17)12-3-4-14-15(9-12)19-7-6-18-14/h3-4,9,11,13,16-17H,5-8,10H2,1-2H3. The molecule has 0 bridgehead atoms. The van der Waals surface area contributed by atoms with Crippen molar-refractivity contribution in [2.75, 3.05) is 31.8 Å². The first kappa shape index (κ1) is 15.5. The number of nitrogens with one attached hydrogen (secondary N) is 1. The summed E-state index contributed by atoms with van der Waals surface area (Å²) >= 11 is 1.84. The predicted octanol–water partition coefficient (Wildman–Crippen LogP) is 2.22. The van der Waals surface area contributed by atoms with Crippen molar-refractivity contribution in [2.24, 2.45) is 0 Å². The van der Waals surface area contributed by atoms with Crippen molar-refractivity contribution in [1.29, 1.82) is 0 Å². The van der Waals surface area contributed by atoms with E-state index in [1.165, 1.54) is 0 Å². The molecule has 1 aromatic carbocycles. The summed E-state index contributed by atoms with van der Waals surface area (Å²) in [5.74, 6) is 2.62. The van der Waals surface area contributed by atoms with E-state index in [1.807, 2.05) is 30.0 Å². The van der Waals surface area contributed by atoms with E-state index >= 15 is 0 Å². The number of rotatable bonds is 7. The van der Waals surface area contributed by atoms with Gasteiger partial charge < -0.3 is 19.9 Å². The average molecular weight is 297 g/mol. The van der Waals surface area contributed by atoms with Crippen LogP contribution >= 0.6 is 11.8 Å². The summed E-state index contributed by atoms with van der Waals surface area (Å²) in [6.45, 7) is 3.85. The van der Waals surface area contributed by atoms with Crippen molar-refractivity contribution >= 4 is 11.8 Å². The number of hydrogen-bond acceptors (Lipinski definition) is 5. The summed E-state index contributed by atoms with van der Waals surface area (Å²) in [4.78, 5) is 0. The first-order valence-electron chi connectivity index (χ1n) is 7.00. The van der Waals surface area contributed by atoms with E-state index in [9.17, 15) is 5.11 Å². The van der Waals surface area contributed by atoms with Gasteiger partial charge in [-0.3, -0.25) is 0 Å². The zero-order valence-electron chi connectivity index (χ0n) is 12.1. The molecule has 2 atom stereocenters. The Morgan fingerprint density at radius 1 is 1.30 bits per heavy atom. The van der Waals surface area contributed by atoms with Gasteiger partial charge in [0, 0.05) is 12.6 Å². The van der Waals surface area contributed by atoms with Gasteiger partial charge in [-0.2, -0.15) is 11.8 Å². The lowest BCUT2D eigenvalue weighted by atomic mass is 10.1. The van der Waals surface area contributed by atoms with Crippen molar-refractivity contribution in [1.82, 2.24) is 5.32 Å². The molecular formula is C15H23NO3S. The lowest BCUT2D eigenvalue weighted by molar-refractivity contribution is 0.161. The second-order valence-electron chi connectivity index (χ2n) is 5.01.